The highest BCUT2D eigenvalue weighted by Gasteiger charge is 2.09. The summed E-state index contributed by atoms with van der Waals surface area (Å²) in [6.45, 7) is 0.129. The number of carbonyl (C=O) groups is 2. The van der Waals surface area contributed by atoms with Gasteiger partial charge in [0.15, 0.2) is 0 Å². The van der Waals surface area contributed by atoms with E-state index in [0.29, 0.717) is 11.3 Å². The van der Waals surface area contributed by atoms with Crippen molar-refractivity contribution in [2.24, 2.45) is 0 Å². The highest BCUT2D eigenvalue weighted by Crippen LogP contribution is 2.10. The lowest BCUT2D eigenvalue weighted by Crippen LogP contribution is -2.22. The van der Waals surface area contributed by atoms with E-state index in [9.17, 15) is 14.7 Å². The van der Waals surface area contributed by atoms with E-state index in [1.807, 2.05) is 0 Å². The molecule has 3 N–H and O–H groups in total. The first-order valence-electron chi connectivity index (χ1n) is 5.35. The number of ether oxygens (including phenoxy) is 1. The standard InChI is InChI=1S/C12H15NO5/c1-18-12(17)8-2-4-9(5-3-8)13-7-10(14)6-11(15)16/h2-5,10,13-14H,6-7H2,1H3,(H,15,16). The summed E-state index contributed by atoms with van der Waals surface area (Å²) in [5.41, 5.74) is 1.11. The molecule has 0 fully saturated rings. The molecule has 1 unspecified atom stereocenters. The first-order valence-corrected chi connectivity index (χ1v) is 5.35. The van der Waals surface area contributed by atoms with Crippen LogP contribution in [0.15, 0.2) is 24.3 Å². The van der Waals surface area contributed by atoms with E-state index in [1.54, 1.807) is 24.3 Å². The topological polar surface area (TPSA) is 95.9 Å². The molecule has 0 aliphatic rings. The minimum Gasteiger partial charge on any atom is -0.481 e. The average molecular weight is 253 g/mol. The number of anilines is 1. The number of carbonyl (C=O) groups excluding carboxylic acids is 1. The van der Waals surface area contributed by atoms with Crippen molar-refractivity contribution >= 4 is 17.6 Å². The zero-order chi connectivity index (χ0) is 13.5. The average Bonchev–Trinajstić information content (AvgIpc) is 2.35. The summed E-state index contributed by atoms with van der Waals surface area (Å²) in [5.74, 6) is -1.47. The van der Waals surface area contributed by atoms with E-state index >= 15 is 0 Å². The molecule has 0 saturated carbocycles. The molecule has 1 aromatic rings. The first kappa shape index (κ1) is 14.0. The fraction of sp³-hybridized carbons (Fsp3) is 0.333. The van der Waals surface area contributed by atoms with Gasteiger partial charge in [-0.3, -0.25) is 4.79 Å². The number of hydrogen-bond acceptors (Lipinski definition) is 5. The molecule has 0 saturated heterocycles. The molecule has 0 bridgehead atoms. The molecule has 0 amide bonds. The lowest BCUT2D eigenvalue weighted by Gasteiger charge is -2.11. The highest BCUT2D eigenvalue weighted by atomic mass is 16.5. The quantitative estimate of drug-likeness (QED) is 0.646. The number of rotatable bonds is 6. The number of hydrogen-bond donors (Lipinski definition) is 3. The number of aliphatic hydroxyl groups is 1. The van der Waals surface area contributed by atoms with Crippen LogP contribution in [0.25, 0.3) is 0 Å². The van der Waals surface area contributed by atoms with Gasteiger partial charge in [0, 0.05) is 12.2 Å². The van der Waals surface area contributed by atoms with Crippen molar-refractivity contribution in [3.8, 4) is 0 Å². The van der Waals surface area contributed by atoms with Crippen LogP contribution in [0.3, 0.4) is 0 Å². The normalized spacial score (nSPS) is 11.7. The van der Waals surface area contributed by atoms with Gasteiger partial charge in [0.25, 0.3) is 0 Å². The lowest BCUT2D eigenvalue weighted by atomic mass is 10.2. The van der Waals surface area contributed by atoms with Crippen molar-refractivity contribution in [2.75, 3.05) is 19.0 Å². The van der Waals surface area contributed by atoms with Crippen LogP contribution in [0.5, 0.6) is 0 Å². The molecule has 0 aromatic heterocycles. The van der Waals surface area contributed by atoms with Gasteiger partial charge in [0.05, 0.1) is 25.2 Å². The predicted octanol–water partition coefficient (Wildman–Crippen LogP) is 0.721. The molecule has 1 rings (SSSR count). The Hall–Kier alpha value is -2.08. The van der Waals surface area contributed by atoms with Crippen LogP contribution in [0.1, 0.15) is 16.8 Å². The van der Waals surface area contributed by atoms with Gasteiger partial charge in [-0.05, 0) is 24.3 Å². The van der Waals surface area contributed by atoms with E-state index < -0.39 is 18.0 Å². The molecular formula is C12H15NO5. The summed E-state index contributed by atoms with van der Waals surface area (Å²) in [5, 5.41) is 20.7. The second-order valence-corrected chi connectivity index (χ2v) is 3.70. The molecule has 1 atom stereocenters. The van der Waals surface area contributed by atoms with Crippen molar-refractivity contribution in [1.29, 1.82) is 0 Å². The van der Waals surface area contributed by atoms with Gasteiger partial charge in [-0.15, -0.1) is 0 Å². The van der Waals surface area contributed by atoms with Gasteiger partial charge in [0.2, 0.25) is 0 Å². The Morgan fingerprint density at radius 1 is 1.33 bits per heavy atom. The number of esters is 1. The van der Waals surface area contributed by atoms with Crippen LogP contribution in [0.2, 0.25) is 0 Å². The van der Waals surface area contributed by atoms with Gasteiger partial charge in [0.1, 0.15) is 0 Å². The van der Waals surface area contributed by atoms with E-state index in [-0.39, 0.29) is 13.0 Å². The smallest absolute Gasteiger partial charge is 0.337 e. The van der Waals surface area contributed by atoms with Gasteiger partial charge < -0.3 is 20.3 Å². The number of aliphatic carboxylic acids is 1. The minimum absolute atomic E-state index is 0.129. The van der Waals surface area contributed by atoms with Crippen LogP contribution >= 0.6 is 0 Å². The Morgan fingerprint density at radius 2 is 1.94 bits per heavy atom. The van der Waals surface area contributed by atoms with E-state index in [0.717, 1.165) is 0 Å². The van der Waals surface area contributed by atoms with E-state index in [4.69, 9.17) is 5.11 Å². The molecule has 0 spiro atoms. The van der Waals surface area contributed by atoms with Crippen LogP contribution in [-0.2, 0) is 9.53 Å². The largest absolute Gasteiger partial charge is 0.481 e. The molecule has 98 valence electrons. The zero-order valence-corrected chi connectivity index (χ0v) is 9.92. The molecule has 0 radical (unpaired) electrons. The van der Waals surface area contributed by atoms with Gasteiger partial charge in [-0.1, -0.05) is 0 Å². The maximum Gasteiger partial charge on any atom is 0.337 e. The molecular weight excluding hydrogens is 238 g/mol. The third-order valence-corrected chi connectivity index (χ3v) is 2.26. The zero-order valence-electron chi connectivity index (χ0n) is 9.92. The summed E-state index contributed by atoms with van der Waals surface area (Å²) in [7, 11) is 1.30. The summed E-state index contributed by atoms with van der Waals surface area (Å²) in [6, 6.07) is 6.47. The molecule has 18 heavy (non-hydrogen) atoms. The van der Waals surface area contributed by atoms with E-state index in [1.165, 1.54) is 7.11 Å². The number of carboxylic acid groups (broad SMARTS) is 1. The van der Waals surface area contributed by atoms with Crippen molar-refractivity contribution < 1.29 is 24.5 Å². The number of methoxy groups -OCH3 is 1. The van der Waals surface area contributed by atoms with Crippen LogP contribution < -0.4 is 5.32 Å². The maximum atomic E-state index is 11.2. The molecule has 1 aromatic carbocycles. The van der Waals surface area contributed by atoms with Crippen LogP contribution in [0.4, 0.5) is 5.69 Å². The summed E-state index contributed by atoms with van der Waals surface area (Å²) >= 11 is 0. The van der Waals surface area contributed by atoms with Gasteiger partial charge >= 0.3 is 11.9 Å². The Kier molecular flexibility index (Phi) is 5.13. The fourth-order valence-electron chi connectivity index (χ4n) is 1.35. The summed E-state index contributed by atoms with van der Waals surface area (Å²) in [6.07, 6.45) is -1.27. The summed E-state index contributed by atoms with van der Waals surface area (Å²) < 4.78 is 4.55. The number of carboxylic acids is 1. The Morgan fingerprint density at radius 3 is 2.44 bits per heavy atom. The second-order valence-electron chi connectivity index (χ2n) is 3.70. The van der Waals surface area contributed by atoms with Crippen LogP contribution in [0, 0.1) is 0 Å². The van der Waals surface area contributed by atoms with Gasteiger partial charge in [-0.25, -0.2) is 4.79 Å². The van der Waals surface area contributed by atoms with E-state index in [2.05, 4.69) is 10.1 Å². The summed E-state index contributed by atoms with van der Waals surface area (Å²) in [4.78, 5) is 21.5. The fourth-order valence-corrected chi connectivity index (χ4v) is 1.35. The van der Waals surface area contributed by atoms with Crippen molar-refractivity contribution in [3.05, 3.63) is 29.8 Å². The highest BCUT2D eigenvalue weighted by molar-refractivity contribution is 5.89. The molecule has 6 heteroatoms. The first-order chi connectivity index (χ1) is 8.52. The van der Waals surface area contributed by atoms with Gasteiger partial charge in [-0.2, -0.15) is 0 Å². The monoisotopic (exact) mass is 253 g/mol. The second kappa shape index (κ2) is 6.61. The number of aliphatic hydroxyl groups excluding tert-OH is 1. The Bertz CT molecular complexity index is 415. The Balaban J connectivity index is 2.49. The van der Waals surface area contributed by atoms with Crippen LogP contribution in [-0.4, -0.2) is 41.9 Å². The SMILES string of the molecule is COC(=O)c1ccc(NCC(O)CC(=O)O)cc1. The molecule has 0 aliphatic heterocycles. The number of nitrogens with one attached hydrogen (secondary N) is 1. The molecule has 6 nitrogen and oxygen atoms in total. The predicted molar refractivity (Wildman–Crippen MR) is 64.5 cm³/mol. The van der Waals surface area contributed by atoms with Crippen molar-refractivity contribution in [1.82, 2.24) is 0 Å². The minimum atomic E-state index is -1.05. The maximum absolute atomic E-state index is 11.2. The third kappa shape index (κ3) is 4.42. The van der Waals surface area contributed by atoms with Crippen molar-refractivity contribution in [3.63, 3.8) is 0 Å². The lowest BCUT2D eigenvalue weighted by molar-refractivity contribution is -0.138. The molecule has 0 aliphatic carbocycles. The molecule has 0 heterocycles. The van der Waals surface area contributed by atoms with Crippen molar-refractivity contribution in [2.45, 2.75) is 12.5 Å². The number of benzene rings is 1. The third-order valence-electron chi connectivity index (χ3n) is 2.26. The Labute approximate surface area is 104 Å².